The van der Waals surface area contributed by atoms with Gasteiger partial charge in [0.15, 0.2) is 0 Å². The molecule has 0 N–H and O–H groups in total. The summed E-state index contributed by atoms with van der Waals surface area (Å²) in [5.74, 6) is 2.62. The van der Waals surface area contributed by atoms with E-state index in [-0.39, 0.29) is 11.0 Å². The normalized spacial score (nSPS) is 34.2. The summed E-state index contributed by atoms with van der Waals surface area (Å²) in [5, 5.41) is 0. The predicted molar refractivity (Wildman–Crippen MR) is 80.6 cm³/mol. The maximum atomic E-state index is 12.9. The van der Waals surface area contributed by atoms with Crippen molar-refractivity contribution in [3.8, 4) is 0 Å². The van der Waals surface area contributed by atoms with Gasteiger partial charge in [-0.05, 0) is 54.8 Å². The van der Waals surface area contributed by atoms with Gasteiger partial charge in [-0.3, -0.25) is 0 Å². The number of allylic oxidation sites excluding steroid dienone is 3. The molecule has 0 aromatic rings. The van der Waals surface area contributed by atoms with E-state index in [2.05, 4.69) is 34.6 Å². The molecule has 2 rings (SSSR count). The van der Waals surface area contributed by atoms with E-state index in [1.807, 2.05) is 6.08 Å². The van der Waals surface area contributed by atoms with Crippen LogP contribution in [0, 0.1) is 29.1 Å². The Morgan fingerprint density at radius 3 is 2.30 bits per heavy atom. The third-order valence-corrected chi connectivity index (χ3v) is 5.76. The summed E-state index contributed by atoms with van der Waals surface area (Å²) in [6, 6.07) is 0. The van der Waals surface area contributed by atoms with Crippen LogP contribution in [0.15, 0.2) is 23.3 Å². The third kappa shape index (κ3) is 2.58. The Labute approximate surface area is 122 Å². The van der Waals surface area contributed by atoms with Crippen LogP contribution < -0.4 is 0 Å². The van der Waals surface area contributed by atoms with Gasteiger partial charge in [0.05, 0.1) is 0 Å². The number of hydrogen-bond donors (Lipinski definition) is 0. The van der Waals surface area contributed by atoms with E-state index in [0.29, 0.717) is 24.2 Å². The average molecular weight is 282 g/mol. The molecule has 0 saturated heterocycles. The van der Waals surface area contributed by atoms with Crippen LogP contribution in [0.1, 0.15) is 60.3 Å². The molecule has 0 radical (unpaired) electrons. The summed E-state index contributed by atoms with van der Waals surface area (Å²) in [5.41, 5.74) is 1.69. The van der Waals surface area contributed by atoms with Gasteiger partial charge in [0.25, 0.3) is 6.08 Å². The van der Waals surface area contributed by atoms with Crippen molar-refractivity contribution in [1.82, 2.24) is 0 Å². The monoisotopic (exact) mass is 282 g/mol. The van der Waals surface area contributed by atoms with E-state index in [9.17, 15) is 8.78 Å². The van der Waals surface area contributed by atoms with Crippen LogP contribution in [0.3, 0.4) is 0 Å². The number of fused-ring (bicyclic) bond motifs is 1. The minimum absolute atomic E-state index is 0.125. The lowest BCUT2D eigenvalue weighted by molar-refractivity contribution is 0.0339. The smallest absolute Gasteiger partial charge is 0.173 e. The fourth-order valence-corrected chi connectivity index (χ4v) is 4.84. The Morgan fingerprint density at radius 2 is 1.80 bits per heavy atom. The second-order valence-corrected chi connectivity index (χ2v) is 7.59. The zero-order valence-electron chi connectivity index (χ0n) is 13.5. The van der Waals surface area contributed by atoms with Gasteiger partial charge in [0, 0.05) is 5.57 Å². The van der Waals surface area contributed by atoms with Gasteiger partial charge >= 0.3 is 0 Å². The van der Waals surface area contributed by atoms with Crippen LogP contribution >= 0.6 is 0 Å². The van der Waals surface area contributed by atoms with Crippen LogP contribution in [-0.2, 0) is 0 Å². The molecule has 0 amide bonds. The molecule has 0 heterocycles. The van der Waals surface area contributed by atoms with E-state index >= 15 is 0 Å². The summed E-state index contributed by atoms with van der Waals surface area (Å²) in [6.07, 6.45) is 3.92. The fourth-order valence-electron chi connectivity index (χ4n) is 4.84. The van der Waals surface area contributed by atoms with Gasteiger partial charge in [-0.2, -0.15) is 8.78 Å². The van der Waals surface area contributed by atoms with Crippen molar-refractivity contribution in [1.29, 1.82) is 0 Å². The molecular formula is C18H28F2. The first-order chi connectivity index (χ1) is 9.27. The summed E-state index contributed by atoms with van der Waals surface area (Å²) in [6.45, 7) is 11.6. The van der Waals surface area contributed by atoms with Crippen molar-refractivity contribution in [2.45, 2.75) is 60.3 Å². The first-order valence-corrected chi connectivity index (χ1v) is 8.02. The van der Waals surface area contributed by atoms with E-state index in [1.54, 1.807) is 0 Å². The van der Waals surface area contributed by atoms with E-state index in [0.717, 1.165) is 25.2 Å². The van der Waals surface area contributed by atoms with Crippen molar-refractivity contribution < 1.29 is 8.78 Å². The standard InChI is InChI=1S/C18H28F2/c1-11(2)15-7-6-14-10-13(17(19)20)8-9-18(14,5)16(15)12(3)4/h10-12,15-16H,6-9H2,1-5H3/t15?,16?,18-/m0/s1. The molecule has 0 aromatic heterocycles. The highest BCUT2D eigenvalue weighted by molar-refractivity contribution is 5.34. The molecule has 0 bridgehead atoms. The second-order valence-electron chi connectivity index (χ2n) is 7.59. The highest BCUT2D eigenvalue weighted by Crippen LogP contribution is 2.57. The van der Waals surface area contributed by atoms with Crippen molar-refractivity contribution in [3.05, 3.63) is 23.3 Å². The van der Waals surface area contributed by atoms with E-state index in [4.69, 9.17) is 0 Å². The fraction of sp³-hybridized carbons (Fsp3) is 0.778. The average Bonchev–Trinajstić information content (AvgIpc) is 2.35. The van der Waals surface area contributed by atoms with Gasteiger partial charge in [0.1, 0.15) is 0 Å². The number of rotatable bonds is 2. The zero-order chi connectivity index (χ0) is 15.1. The largest absolute Gasteiger partial charge is 0.273 e. The highest BCUT2D eigenvalue weighted by Gasteiger charge is 2.48. The van der Waals surface area contributed by atoms with Crippen LogP contribution in [0.5, 0.6) is 0 Å². The van der Waals surface area contributed by atoms with Gasteiger partial charge in [-0.15, -0.1) is 0 Å². The van der Waals surface area contributed by atoms with Gasteiger partial charge in [0.2, 0.25) is 0 Å². The molecule has 0 spiro atoms. The quantitative estimate of drug-likeness (QED) is 0.565. The zero-order valence-corrected chi connectivity index (χ0v) is 13.5. The molecule has 0 nitrogen and oxygen atoms in total. The third-order valence-electron chi connectivity index (χ3n) is 5.76. The number of halogens is 2. The molecule has 2 unspecified atom stereocenters. The minimum atomic E-state index is -1.48. The Bertz CT molecular complexity index is 427. The lowest BCUT2D eigenvalue weighted by atomic mass is 9.52. The molecule has 1 fully saturated rings. The highest BCUT2D eigenvalue weighted by atomic mass is 19.3. The van der Waals surface area contributed by atoms with Crippen LogP contribution in [0.2, 0.25) is 0 Å². The van der Waals surface area contributed by atoms with Crippen LogP contribution in [0.25, 0.3) is 0 Å². The minimum Gasteiger partial charge on any atom is -0.173 e. The van der Waals surface area contributed by atoms with Crippen molar-refractivity contribution >= 4 is 0 Å². The molecule has 1 saturated carbocycles. The van der Waals surface area contributed by atoms with Crippen molar-refractivity contribution in [2.75, 3.05) is 0 Å². The summed E-state index contributed by atoms with van der Waals surface area (Å²) >= 11 is 0. The van der Waals surface area contributed by atoms with Crippen molar-refractivity contribution in [2.24, 2.45) is 29.1 Å². The van der Waals surface area contributed by atoms with Gasteiger partial charge < -0.3 is 0 Å². The lowest BCUT2D eigenvalue weighted by Gasteiger charge is -2.53. The molecule has 114 valence electrons. The number of hydrogen-bond acceptors (Lipinski definition) is 0. The molecule has 0 aliphatic heterocycles. The Morgan fingerprint density at radius 1 is 1.15 bits per heavy atom. The SMILES string of the molecule is CC(C)C1CCC2=CC(=C(F)F)CC[C@]2(C)C1C(C)C. The van der Waals surface area contributed by atoms with Crippen molar-refractivity contribution in [3.63, 3.8) is 0 Å². The second kappa shape index (κ2) is 5.61. The maximum Gasteiger partial charge on any atom is 0.273 e. The molecule has 2 aliphatic carbocycles. The van der Waals surface area contributed by atoms with E-state index < -0.39 is 6.08 Å². The van der Waals surface area contributed by atoms with Gasteiger partial charge in [-0.1, -0.05) is 46.3 Å². The Hall–Kier alpha value is -0.660. The Kier molecular flexibility index (Phi) is 4.41. The Balaban J connectivity index is 2.42. The summed E-state index contributed by atoms with van der Waals surface area (Å²) in [7, 11) is 0. The van der Waals surface area contributed by atoms with Gasteiger partial charge in [-0.25, -0.2) is 0 Å². The molecular weight excluding hydrogens is 254 g/mol. The molecule has 0 aromatic carbocycles. The van der Waals surface area contributed by atoms with Crippen LogP contribution in [-0.4, -0.2) is 0 Å². The molecule has 2 heteroatoms. The first-order valence-electron chi connectivity index (χ1n) is 8.02. The maximum absolute atomic E-state index is 12.9. The van der Waals surface area contributed by atoms with E-state index in [1.165, 1.54) is 5.57 Å². The molecule has 20 heavy (non-hydrogen) atoms. The summed E-state index contributed by atoms with van der Waals surface area (Å²) in [4.78, 5) is 0. The molecule has 2 aliphatic rings. The van der Waals surface area contributed by atoms with Crippen LogP contribution in [0.4, 0.5) is 8.78 Å². The summed E-state index contributed by atoms with van der Waals surface area (Å²) < 4.78 is 25.8. The first kappa shape index (κ1) is 15.7. The predicted octanol–water partition coefficient (Wildman–Crippen LogP) is 6.20. The topological polar surface area (TPSA) is 0 Å². The lowest BCUT2D eigenvalue weighted by Crippen LogP contribution is -2.44. The molecule has 3 atom stereocenters.